The molecule has 1 atom stereocenters. The van der Waals surface area contributed by atoms with E-state index in [0.29, 0.717) is 10.1 Å². The molecule has 6 nitrogen and oxygen atoms in total. The van der Waals surface area contributed by atoms with E-state index < -0.39 is 0 Å². The van der Waals surface area contributed by atoms with E-state index in [0.717, 1.165) is 26.1 Å². The first kappa shape index (κ1) is 12.3. The first-order valence-electron chi connectivity index (χ1n) is 5.76. The zero-order valence-electron chi connectivity index (χ0n) is 10.1. The molecule has 1 aliphatic heterocycles. The van der Waals surface area contributed by atoms with Gasteiger partial charge in [0.2, 0.25) is 10.1 Å². The standard InChI is InChI=1S/C10H17N5OS/c1-3-11-10-14-13-9(17-10)8(16)12-7-4-5-15(2)6-7/h7H,3-6H2,1-2H3,(H,11,14)(H,12,16). The monoisotopic (exact) mass is 255 g/mol. The number of hydrogen-bond donors (Lipinski definition) is 2. The van der Waals surface area contributed by atoms with Crippen molar-refractivity contribution in [2.75, 3.05) is 32.0 Å². The van der Waals surface area contributed by atoms with Gasteiger partial charge in [-0.25, -0.2) is 0 Å². The molecule has 0 spiro atoms. The quantitative estimate of drug-likeness (QED) is 0.815. The predicted molar refractivity (Wildman–Crippen MR) is 67.4 cm³/mol. The van der Waals surface area contributed by atoms with E-state index >= 15 is 0 Å². The van der Waals surface area contributed by atoms with E-state index in [4.69, 9.17) is 0 Å². The fourth-order valence-corrected chi connectivity index (χ4v) is 2.55. The molecule has 1 aromatic heterocycles. The molecule has 0 bridgehead atoms. The molecule has 1 amide bonds. The van der Waals surface area contributed by atoms with Crippen LogP contribution in [0.2, 0.25) is 0 Å². The topological polar surface area (TPSA) is 70.1 Å². The third-order valence-corrected chi connectivity index (χ3v) is 3.55. The van der Waals surface area contributed by atoms with Crippen LogP contribution >= 0.6 is 11.3 Å². The van der Waals surface area contributed by atoms with Crippen molar-refractivity contribution in [3.63, 3.8) is 0 Å². The van der Waals surface area contributed by atoms with Crippen molar-refractivity contribution in [3.05, 3.63) is 5.01 Å². The Kier molecular flexibility index (Phi) is 3.90. The Balaban J connectivity index is 1.90. The summed E-state index contributed by atoms with van der Waals surface area (Å²) in [5.74, 6) is -0.119. The summed E-state index contributed by atoms with van der Waals surface area (Å²) in [7, 11) is 2.06. The number of nitrogens with zero attached hydrogens (tertiary/aromatic N) is 3. The molecule has 94 valence electrons. The minimum atomic E-state index is -0.119. The van der Waals surface area contributed by atoms with Gasteiger partial charge in [0.25, 0.3) is 5.91 Å². The highest BCUT2D eigenvalue weighted by atomic mass is 32.1. The van der Waals surface area contributed by atoms with Crippen LogP contribution in [0.3, 0.4) is 0 Å². The largest absolute Gasteiger partial charge is 0.360 e. The van der Waals surface area contributed by atoms with Crippen LogP contribution in [0.15, 0.2) is 0 Å². The van der Waals surface area contributed by atoms with Crippen LogP contribution in [0.4, 0.5) is 5.13 Å². The molecule has 1 unspecified atom stereocenters. The molecule has 0 saturated carbocycles. The molecular weight excluding hydrogens is 238 g/mol. The molecule has 2 N–H and O–H groups in total. The summed E-state index contributed by atoms with van der Waals surface area (Å²) in [5, 5.41) is 14.9. The first-order chi connectivity index (χ1) is 8.19. The molecule has 0 aliphatic carbocycles. The minimum absolute atomic E-state index is 0.119. The zero-order chi connectivity index (χ0) is 12.3. The number of hydrogen-bond acceptors (Lipinski definition) is 6. The number of likely N-dealkylation sites (N-methyl/N-ethyl adjacent to an activating group) is 1. The molecular formula is C10H17N5OS. The first-order valence-corrected chi connectivity index (χ1v) is 6.57. The second-order valence-corrected chi connectivity index (χ2v) is 5.14. The van der Waals surface area contributed by atoms with Crippen molar-refractivity contribution < 1.29 is 4.79 Å². The van der Waals surface area contributed by atoms with Gasteiger partial charge >= 0.3 is 0 Å². The number of carbonyl (C=O) groups is 1. The van der Waals surface area contributed by atoms with Crippen LogP contribution in [0.1, 0.15) is 23.1 Å². The Morgan fingerprint density at radius 3 is 3.06 bits per heavy atom. The third kappa shape index (κ3) is 3.13. The second kappa shape index (κ2) is 5.42. The van der Waals surface area contributed by atoms with Gasteiger partial charge in [-0.1, -0.05) is 11.3 Å². The molecule has 2 heterocycles. The lowest BCUT2D eigenvalue weighted by Crippen LogP contribution is -2.36. The summed E-state index contributed by atoms with van der Waals surface area (Å²) < 4.78 is 0. The van der Waals surface area contributed by atoms with Gasteiger partial charge < -0.3 is 15.5 Å². The van der Waals surface area contributed by atoms with Gasteiger partial charge in [-0.15, -0.1) is 10.2 Å². The Morgan fingerprint density at radius 1 is 1.59 bits per heavy atom. The molecule has 0 radical (unpaired) electrons. The number of likely N-dealkylation sites (tertiary alicyclic amines) is 1. The second-order valence-electron chi connectivity index (χ2n) is 4.16. The van der Waals surface area contributed by atoms with Gasteiger partial charge in [-0.05, 0) is 26.9 Å². The number of nitrogens with one attached hydrogen (secondary N) is 2. The van der Waals surface area contributed by atoms with Crippen LogP contribution in [0.5, 0.6) is 0 Å². The van der Waals surface area contributed by atoms with Crippen LogP contribution < -0.4 is 10.6 Å². The van der Waals surface area contributed by atoms with Crippen molar-refractivity contribution in [3.8, 4) is 0 Å². The highest BCUT2D eigenvalue weighted by Gasteiger charge is 2.23. The Morgan fingerprint density at radius 2 is 2.41 bits per heavy atom. The summed E-state index contributed by atoms with van der Waals surface area (Å²) in [6.45, 7) is 4.70. The van der Waals surface area contributed by atoms with Crippen molar-refractivity contribution >= 4 is 22.4 Å². The number of aromatic nitrogens is 2. The maximum Gasteiger partial charge on any atom is 0.282 e. The number of anilines is 1. The zero-order valence-corrected chi connectivity index (χ0v) is 10.9. The Hall–Kier alpha value is -1.21. The minimum Gasteiger partial charge on any atom is -0.360 e. The molecule has 1 saturated heterocycles. The summed E-state index contributed by atoms with van der Waals surface area (Å²) in [6.07, 6.45) is 1.00. The fraction of sp³-hybridized carbons (Fsp3) is 0.700. The smallest absolute Gasteiger partial charge is 0.282 e. The van der Waals surface area contributed by atoms with Crippen molar-refractivity contribution in [2.45, 2.75) is 19.4 Å². The average Bonchev–Trinajstić information content (AvgIpc) is 2.88. The van der Waals surface area contributed by atoms with Crippen LogP contribution in [0.25, 0.3) is 0 Å². The molecule has 7 heteroatoms. The van der Waals surface area contributed by atoms with Gasteiger partial charge in [0, 0.05) is 19.1 Å². The lowest BCUT2D eigenvalue weighted by Gasteiger charge is -2.10. The SMILES string of the molecule is CCNc1nnc(C(=O)NC2CCN(C)C2)s1. The molecule has 1 aromatic rings. The Bertz CT molecular complexity index is 394. The normalized spacial score (nSPS) is 20.5. The van der Waals surface area contributed by atoms with Gasteiger partial charge in [0.05, 0.1) is 0 Å². The molecule has 1 aliphatic rings. The summed E-state index contributed by atoms with van der Waals surface area (Å²) in [6, 6.07) is 0.235. The maximum atomic E-state index is 11.9. The van der Waals surface area contributed by atoms with E-state index in [2.05, 4.69) is 32.8 Å². The van der Waals surface area contributed by atoms with Gasteiger partial charge in [-0.2, -0.15) is 0 Å². The maximum absolute atomic E-state index is 11.9. The van der Waals surface area contributed by atoms with E-state index in [-0.39, 0.29) is 11.9 Å². The van der Waals surface area contributed by atoms with Gasteiger partial charge in [-0.3, -0.25) is 4.79 Å². The highest BCUT2D eigenvalue weighted by molar-refractivity contribution is 7.17. The molecule has 1 fully saturated rings. The van der Waals surface area contributed by atoms with E-state index in [1.165, 1.54) is 11.3 Å². The molecule has 2 rings (SSSR count). The van der Waals surface area contributed by atoms with Crippen LogP contribution in [0, 0.1) is 0 Å². The fourth-order valence-electron chi connectivity index (χ4n) is 1.84. The van der Waals surface area contributed by atoms with Crippen LogP contribution in [-0.4, -0.2) is 53.7 Å². The molecule has 17 heavy (non-hydrogen) atoms. The van der Waals surface area contributed by atoms with E-state index in [9.17, 15) is 4.79 Å². The average molecular weight is 255 g/mol. The number of carbonyl (C=O) groups excluding carboxylic acids is 1. The summed E-state index contributed by atoms with van der Waals surface area (Å²) in [4.78, 5) is 14.1. The lowest BCUT2D eigenvalue weighted by atomic mass is 10.2. The highest BCUT2D eigenvalue weighted by Crippen LogP contribution is 2.15. The van der Waals surface area contributed by atoms with Crippen LogP contribution in [-0.2, 0) is 0 Å². The van der Waals surface area contributed by atoms with E-state index in [1.807, 2.05) is 6.92 Å². The predicted octanol–water partition coefficient (Wildman–Crippen LogP) is 0.404. The lowest BCUT2D eigenvalue weighted by molar-refractivity contribution is 0.0937. The van der Waals surface area contributed by atoms with Crippen molar-refractivity contribution in [2.24, 2.45) is 0 Å². The van der Waals surface area contributed by atoms with Gasteiger partial charge in [0.15, 0.2) is 0 Å². The van der Waals surface area contributed by atoms with Crippen molar-refractivity contribution in [1.82, 2.24) is 20.4 Å². The third-order valence-electron chi connectivity index (χ3n) is 2.67. The number of amides is 1. The summed E-state index contributed by atoms with van der Waals surface area (Å²) >= 11 is 1.29. The summed E-state index contributed by atoms with van der Waals surface area (Å²) in [5.41, 5.74) is 0. The molecule has 0 aromatic carbocycles. The van der Waals surface area contributed by atoms with Gasteiger partial charge in [0.1, 0.15) is 0 Å². The van der Waals surface area contributed by atoms with E-state index in [1.54, 1.807) is 0 Å². The van der Waals surface area contributed by atoms with Crippen molar-refractivity contribution in [1.29, 1.82) is 0 Å². The Labute approximate surface area is 104 Å². The number of rotatable bonds is 4.